The molecule has 0 N–H and O–H groups in total. The van der Waals surface area contributed by atoms with Gasteiger partial charge in [0, 0.05) is 28.8 Å². The van der Waals surface area contributed by atoms with Crippen LogP contribution in [0.5, 0.6) is 11.5 Å². The van der Waals surface area contributed by atoms with Crippen LogP contribution in [-0.2, 0) is 0 Å². The van der Waals surface area contributed by atoms with Gasteiger partial charge in [0.2, 0.25) is 5.28 Å². The lowest BCUT2D eigenvalue weighted by Crippen LogP contribution is -1.96. The third-order valence-corrected chi connectivity index (χ3v) is 4.28. The highest BCUT2D eigenvalue weighted by Gasteiger charge is 2.17. The van der Waals surface area contributed by atoms with Gasteiger partial charge in [-0.05, 0) is 36.2 Å². The van der Waals surface area contributed by atoms with Crippen molar-refractivity contribution < 1.29 is 9.47 Å². The fourth-order valence-electron chi connectivity index (χ4n) is 2.57. The Bertz CT molecular complexity index is 869. The molecule has 1 heterocycles. The summed E-state index contributed by atoms with van der Waals surface area (Å²) >= 11 is 12.3. The molecule has 0 saturated carbocycles. The largest absolute Gasteiger partial charge is 0.496 e. The zero-order valence-electron chi connectivity index (χ0n) is 12.9. The average molecular weight is 349 g/mol. The molecule has 0 amide bonds. The van der Waals surface area contributed by atoms with E-state index in [4.69, 9.17) is 32.7 Å². The van der Waals surface area contributed by atoms with E-state index in [1.165, 1.54) is 0 Å². The van der Waals surface area contributed by atoms with Crippen LogP contribution in [0.2, 0.25) is 10.3 Å². The predicted octanol–water partition coefficient (Wildman–Crippen LogP) is 4.93. The maximum absolute atomic E-state index is 6.52. The molecule has 1 aromatic heterocycles. The lowest BCUT2D eigenvalue weighted by Gasteiger charge is -2.16. The van der Waals surface area contributed by atoms with E-state index in [9.17, 15) is 0 Å². The summed E-state index contributed by atoms with van der Waals surface area (Å²) in [5, 5.41) is 1.65. The Balaban J connectivity index is 2.27. The van der Waals surface area contributed by atoms with E-state index in [2.05, 4.69) is 9.97 Å². The molecule has 0 aliphatic rings. The lowest BCUT2D eigenvalue weighted by atomic mass is 9.98. The van der Waals surface area contributed by atoms with Gasteiger partial charge in [-0.25, -0.2) is 9.97 Å². The third kappa shape index (κ3) is 2.80. The Morgan fingerprint density at radius 2 is 1.74 bits per heavy atom. The van der Waals surface area contributed by atoms with Crippen molar-refractivity contribution in [2.45, 2.75) is 6.92 Å². The Morgan fingerprint density at radius 3 is 2.43 bits per heavy atom. The number of benzene rings is 2. The van der Waals surface area contributed by atoms with Crippen LogP contribution in [-0.4, -0.2) is 24.2 Å². The molecule has 118 valence electrons. The summed E-state index contributed by atoms with van der Waals surface area (Å²) < 4.78 is 10.8. The summed E-state index contributed by atoms with van der Waals surface area (Å²) in [7, 11) is 3.20. The van der Waals surface area contributed by atoms with Crippen LogP contribution >= 0.6 is 23.2 Å². The Hall–Kier alpha value is -2.04. The molecule has 3 aromatic rings. The molecule has 0 fully saturated rings. The number of ether oxygens (including phenoxy) is 2. The Morgan fingerprint density at radius 1 is 1.00 bits per heavy atom. The highest BCUT2D eigenvalue weighted by molar-refractivity contribution is 6.35. The normalized spacial score (nSPS) is 10.8. The molecule has 0 bridgehead atoms. The molecule has 6 heteroatoms. The van der Waals surface area contributed by atoms with Gasteiger partial charge in [-0.3, -0.25) is 0 Å². The van der Waals surface area contributed by atoms with Crippen molar-refractivity contribution in [3.8, 4) is 22.6 Å². The summed E-state index contributed by atoms with van der Waals surface area (Å²) in [4.78, 5) is 8.22. The van der Waals surface area contributed by atoms with Gasteiger partial charge in [0.05, 0.1) is 24.8 Å². The fourth-order valence-corrected chi connectivity index (χ4v) is 3.09. The van der Waals surface area contributed by atoms with Crippen LogP contribution in [0.1, 0.15) is 5.56 Å². The van der Waals surface area contributed by atoms with E-state index >= 15 is 0 Å². The molecule has 3 rings (SSSR count). The molecule has 0 aliphatic carbocycles. The molecule has 4 nitrogen and oxygen atoms in total. The number of aromatic nitrogens is 2. The van der Waals surface area contributed by atoms with Crippen molar-refractivity contribution >= 4 is 34.1 Å². The maximum atomic E-state index is 6.52. The number of methoxy groups -OCH3 is 2. The number of hydrogen-bond acceptors (Lipinski definition) is 4. The van der Waals surface area contributed by atoms with E-state index in [-0.39, 0.29) is 5.28 Å². The monoisotopic (exact) mass is 348 g/mol. The minimum Gasteiger partial charge on any atom is -0.496 e. The first-order valence-electron chi connectivity index (χ1n) is 6.89. The summed E-state index contributed by atoms with van der Waals surface area (Å²) in [6.07, 6.45) is 1.69. The third-order valence-electron chi connectivity index (χ3n) is 3.72. The fraction of sp³-hybridized carbons (Fsp3) is 0.176. The van der Waals surface area contributed by atoms with Gasteiger partial charge in [0.15, 0.2) is 0 Å². The van der Waals surface area contributed by atoms with E-state index < -0.39 is 0 Å². The molecule has 0 spiro atoms. The van der Waals surface area contributed by atoms with Crippen molar-refractivity contribution in [3.63, 3.8) is 0 Å². The van der Waals surface area contributed by atoms with Crippen LogP contribution in [0.3, 0.4) is 0 Å². The quantitative estimate of drug-likeness (QED) is 0.629. The topological polar surface area (TPSA) is 44.2 Å². The van der Waals surface area contributed by atoms with Crippen molar-refractivity contribution in [2.75, 3.05) is 14.2 Å². The molecule has 0 saturated heterocycles. The molecule has 0 unspecified atom stereocenters. The van der Waals surface area contributed by atoms with Crippen molar-refractivity contribution in [3.05, 3.63) is 46.3 Å². The number of nitrogens with zero attached hydrogens (tertiary/aromatic N) is 2. The molecular formula is C17H14Cl2N2O2. The first kappa shape index (κ1) is 15.8. The van der Waals surface area contributed by atoms with E-state index in [0.29, 0.717) is 16.5 Å². The zero-order valence-corrected chi connectivity index (χ0v) is 14.4. The van der Waals surface area contributed by atoms with Crippen LogP contribution in [0.25, 0.3) is 22.0 Å². The summed E-state index contributed by atoms with van der Waals surface area (Å²) in [5.74, 6) is 1.28. The number of rotatable bonds is 3. The molecular weight excluding hydrogens is 335 g/mol. The van der Waals surface area contributed by atoms with Gasteiger partial charge in [0.1, 0.15) is 11.5 Å². The molecule has 2 aromatic carbocycles. The van der Waals surface area contributed by atoms with Gasteiger partial charge in [0.25, 0.3) is 0 Å². The minimum atomic E-state index is 0.225. The summed E-state index contributed by atoms with van der Waals surface area (Å²) in [6.45, 7) is 1.96. The summed E-state index contributed by atoms with van der Waals surface area (Å²) in [5.41, 5.74) is 3.51. The van der Waals surface area contributed by atoms with Gasteiger partial charge >= 0.3 is 0 Å². The van der Waals surface area contributed by atoms with Gasteiger partial charge < -0.3 is 9.47 Å². The molecule has 0 aliphatic heterocycles. The van der Waals surface area contributed by atoms with E-state index in [1.54, 1.807) is 26.5 Å². The second kappa shape index (κ2) is 6.22. The van der Waals surface area contributed by atoms with Crippen LogP contribution < -0.4 is 9.47 Å². The first-order chi connectivity index (χ1) is 11.0. The minimum absolute atomic E-state index is 0.225. The highest BCUT2D eigenvalue weighted by atomic mass is 35.5. The van der Waals surface area contributed by atoms with Gasteiger partial charge in [-0.2, -0.15) is 0 Å². The van der Waals surface area contributed by atoms with E-state index in [1.807, 2.05) is 25.1 Å². The average Bonchev–Trinajstić information content (AvgIpc) is 2.55. The van der Waals surface area contributed by atoms with Crippen molar-refractivity contribution in [1.82, 2.24) is 9.97 Å². The second-order valence-corrected chi connectivity index (χ2v) is 5.72. The maximum Gasteiger partial charge on any atom is 0.222 e. The zero-order chi connectivity index (χ0) is 16.6. The van der Waals surface area contributed by atoms with Gasteiger partial charge in [-0.1, -0.05) is 17.7 Å². The number of halogens is 2. The number of hydrogen-bond donors (Lipinski definition) is 0. The van der Waals surface area contributed by atoms with Crippen molar-refractivity contribution in [1.29, 1.82) is 0 Å². The smallest absolute Gasteiger partial charge is 0.222 e. The SMILES string of the molecule is COc1cc(OC)c(Cl)c(-c2ccc3nc(Cl)ncc3c2)c1C. The molecule has 0 radical (unpaired) electrons. The highest BCUT2D eigenvalue weighted by Crippen LogP contribution is 2.43. The predicted molar refractivity (Wildman–Crippen MR) is 92.8 cm³/mol. The molecule has 0 atom stereocenters. The first-order valence-corrected chi connectivity index (χ1v) is 7.64. The summed E-state index contributed by atoms with van der Waals surface area (Å²) in [6, 6.07) is 7.59. The Labute approximate surface area is 144 Å². The lowest BCUT2D eigenvalue weighted by molar-refractivity contribution is 0.393. The molecule has 23 heavy (non-hydrogen) atoms. The standard InChI is InChI=1S/C17H14Cl2N2O2/c1-9-13(22-2)7-14(23-3)16(18)15(9)10-4-5-12-11(6-10)8-20-17(19)21-12/h4-8H,1-3H3. The van der Waals surface area contributed by atoms with Crippen LogP contribution in [0, 0.1) is 6.92 Å². The second-order valence-electron chi connectivity index (χ2n) is 5.01. The van der Waals surface area contributed by atoms with Crippen molar-refractivity contribution in [2.24, 2.45) is 0 Å². The Kier molecular flexibility index (Phi) is 4.28. The number of fused-ring (bicyclic) bond motifs is 1. The van der Waals surface area contributed by atoms with E-state index in [0.717, 1.165) is 27.6 Å². The van der Waals surface area contributed by atoms with Crippen LogP contribution in [0.4, 0.5) is 0 Å². The van der Waals surface area contributed by atoms with Crippen LogP contribution in [0.15, 0.2) is 30.5 Å². The van der Waals surface area contributed by atoms with Gasteiger partial charge in [-0.15, -0.1) is 0 Å².